The van der Waals surface area contributed by atoms with Crippen LogP contribution in [0.4, 0.5) is 0 Å². The molecule has 1 aromatic heterocycles. The molecule has 3 aromatic rings. The zero-order valence-electron chi connectivity index (χ0n) is 9.61. The molecular formula is C14H7Br2N3. The summed E-state index contributed by atoms with van der Waals surface area (Å²) >= 11 is 6.92. The first-order valence-electron chi connectivity index (χ1n) is 5.52. The van der Waals surface area contributed by atoms with E-state index in [-0.39, 0.29) is 0 Å². The van der Waals surface area contributed by atoms with Crippen molar-refractivity contribution in [3.63, 3.8) is 0 Å². The van der Waals surface area contributed by atoms with Crippen molar-refractivity contribution in [3.8, 4) is 17.5 Å². The summed E-state index contributed by atoms with van der Waals surface area (Å²) < 4.78 is 1.94. The van der Waals surface area contributed by atoms with Gasteiger partial charge in [-0.25, -0.2) is 4.98 Å². The number of nitrogens with one attached hydrogen (secondary N) is 1. The molecule has 0 aliphatic rings. The molecule has 0 bridgehead atoms. The van der Waals surface area contributed by atoms with Gasteiger partial charge in [0.1, 0.15) is 17.4 Å². The van der Waals surface area contributed by atoms with Crippen molar-refractivity contribution in [2.75, 3.05) is 0 Å². The molecule has 3 nitrogen and oxygen atoms in total. The van der Waals surface area contributed by atoms with Crippen LogP contribution in [-0.2, 0) is 0 Å². The zero-order chi connectivity index (χ0) is 13.4. The van der Waals surface area contributed by atoms with Crippen molar-refractivity contribution in [2.45, 2.75) is 0 Å². The maximum absolute atomic E-state index is 9.08. The third kappa shape index (κ3) is 2.29. The fourth-order valence-electron chi connectivity index (χ4n) is 1.95. The predicted molar refractivity (Wildman–Crippen MR) is 81.6 cm³/mol. The number of halogens is 2. The molecule has 3 rings (SSSR count). The number of benzene rings is 2. The van der Waals surface area contributed by atoms with Gasteiger partial charge in [0, 0.05) is 14.5 Å². The Hall–Kier alpha value is -1.64. The molecule has 0 amide bonds. The Balaban J connectivity index is 2.24. The van der Waals surface area contributed by atoms with Crippen molar-refractivity contribution in [1.82, 2.24) is 9.97 Å². The normalized spacial score (nSPS) is 10.6. The molecule has 0 unspecified atom stereocenters. The van der Waals surface area contributed by atoms with Crippen molar-refractivity contribution < 1.29 is 0 Å². The summed E-state index contributed by atoms with van der Waals surface area (Å²) in [7, 11) is 0. The van der Waals surface area contributed by atoms with Crippen LogP contribution in [-0.4, -0.2) is 9.97 Å². The Morgan fingerprint density at radius 3 is 2.53 bits per heavy atom. The van der Waals surface area contributed by atoms with Crippen LogP contribution in [0.5, 0.6) is 0 Å². The second kappa shape index (κ2) is 4.80. The topological polar surface area (TPSA) is 52.5 Å². The van der Waals surface area contributed by atoms with E-state index < -0.39 is 0 Å². The third-order valence-electron chi connectivity index (χ3n) is 2.77. The first-order valence-corrected chi connectivity index (χ1v) is 7.11. The summed E-state index contributed by atoms with van der Waals surface area (Å²) in [6.07, 6.45) is 0. The highest BCUT2D eigenvalue weighted by atomic mass is 79.9. The molecule has 1 N–H and O–H groups in total. The van der Waals surface area contributed by atoms with Gasteiger partial charge in [-0.15, -0.1) is 0 Å². The van der Waals surface area contributed by atoms with Gasteiger partial charge < -0.3 is 4.98 Å². The van der Waals surface area contributed by atoms with E-state index in [4.69, 9.17) is 5.26 Å². The molecule has 0 aliphatic carbocycles. The maximum atomic E-state index is 9.08. The first-order chi connectivity index (χ1) is 9.17. The van der Waals surface area contributed by atoms with Crippen LogP contribution in [0.25, 0.3) is 22.4 Å². The minimum absolute atomic E-state index is 0.578. The van der Waals surface area contributed by atoms with Crippen molar-refractivity contribution >= 4 is 42.9 Å². The molecule has 0 fully saturated rings. The average Bonchev–Trinajstić information content (AvgIpc) is 2.81. The summed E-state index contributed by atoms with van der Waals surface area (Å²) in [6.45, 7) is 0. The number of hydrogen-bond acceptors (Lipinski definition) is 2. The number of nitrogens with zero attached hydrogens (tertiary/aromatic N) is 2. The van der Waals surface area contributed by atoms with Crippen molar-refractivity contribution in [2.24, 2.45) is 0 Å². The second-order valence-corrected chi connectivity index (χ2v) is 5.89. The number of H-pyrrole nitrogens is 1. The molecule has 0 aliphatic heterocycles. The smallest absolute Gasteiger partial charge is 0.138 e. The van der Waals surface area contributed by atoms with Gasteiger partial charge >= 0.3 is 0 Å². The van der Waals surface area contributed by atoms with Gasteiger partial charge in [-0.05, 0) is 30.3 Å². The number of aromatic nitrogens is 2. The van der Waals surface area contributed by atoms with Gasteiger partial charge in [0.2, 0.25) is 0 Å². The number of para-hydroxylation sites is 1. The standard InChI is InChI=1S/C14H7Br2N3/c15-10-4-9(5-11(16)6-10)14-18-12-3-1-2-8(7-17)13(12)19-14/h1-6H,(H,18,19). The van der Waals surface area contributed by atoms with Gasteiger partial charge in [-0.1, -0.05) is 37.9 Å². The average molecular weight is 377 g/mol. The number of hydrogen-bond donors (Lipinski definition) is 1. The molecule has 1 heterocycles. The lowest BCUT2D eigenvalue weighted by Gasteiger charge is -1.99. The van der Waals surface area contributed by atoms with E-state index >= 15 is 0 Å². The summed E-state index contributed by atoms with van der Waals surface area (Å²) in [5, 5.41) is 9.08. The molecule has 0 saturated carbocycles. The summed E-state index contributed by atoms with van der Waals surface area (Å²) in [5.41, 5.74) is 3.11. The molecule has 92 valence electrons. The van der Waals surface area contributed by atoms with Gasteiger partial charge in [0.15, 0.2) is 0 Å². The Labute approximate surface area is 126 Å². The summed E-state index contributed by atoms with van der Waals surface area (Å²) in [4.78, 5) is 7.75. The largest absolute Gasteiger partial charge is 0.338 e. The molecule has 0 saturated heterocycles. The fraction of sp³-hybridized carbons (Fsp3) is 0. The Morgan fingerprint density at radius 1 is 1.11 bits per heavy atom. The van der Waals surface area contributed by atoms with Gasteiger partial charge in [0.05, 0.1) is 11.1 Å². The molecule has 0 radical (unpaired) electrons. The number of imidazole rings is 1. The minimum atomic E-state index is 0.578. The molecule has 5 heteroatoms. The van der Waals surface area contributed by atoms with E-state index in [1.165, 1.54) is 0 Å². The SMILES string of the molecule is N#Cc1cccc2[nH]c(-c3cc(Br)cc(Br)c3)nc12. The van der Waals surface area contributed by atoms with E-state index in [0.717, 1.165) is 25.8 Å². The number of rotatable bonds is 1. The lowest BCUT2D eigenvalue weighted by molar-refractivity contribution is 1.33. The molecule has 2 aromatic carbocycles. The third-order valence-corrected chi connectivity index (χ3v) is 3.68. The van der Waals surface area contributed by atoms with Crippen LogP contribution < -0.4 is 0 Å². The zero-order valence-corrected chi connectivity index (χ0v) is 12.8. The van der Waals surface area contributed by atoms with Gasteiger partial charge in [-0.3, -0.25) is 0 Å². The van der Waals surface area contributed by atoms with Crippen molar-refractivity contribution in [3.05, 3.63) is 50.9 Å². The highest BCUT2D eigenvalue weighted by Crippen LogP contribution is 2.28. The molecular weight excluding hydrogens is 370 g/mol. The summed E-state index contributed by atoms with van der Waals surface area (Å²) in [6, 6.07) is 13.6. The van der Waals surface area contributed by atoms with Crippen LogP contribution in [0.15, 0.2) is 45.3 Å². The highest BCUT2D eigenvalue weighted by Gasteiger charge is 2.09. The lowest BCUT2D eigenvalue weighted by atomic mass is 10.2. The van der Waals surface area contributed by atoms with Crippen LogP contribution in [0.2, 0.25) is 0 Å². The van der Waals surface area contributed by atoms with E-state index in [1.54, 1.807) is 6.07 Å². The summed E-state index contributed by atoms with van der Waals surface area (Å²) in [5.74, 6) is 0.750. The van der Waals surface area contributed by atoms with Crippen LogP contribution in [0, 0.1) is 11.3 Å². The van der Waals surface area contributed by atoms with Gasteiger partial charge in [-0.2, -0.15) is 5.26 Å². The highest BCUT2D eigenvalue weighted by molar-refractivity contribution is 9.11. The second-order valence-electron chi connectivity index (χ2n) is 4.06. The fourth-order valence-corrected chi connectivity index (χ4v) is 3.24. The van der Waals surface area contributed by atoms with E-state index in [9.17, 15) is 0 Å². The van der Waals surface area contributed by atoms with E-state index in [2.05, 4.69) is 47.9 Å². The number of fused-ring (bicyclic) bond motifs is 1. The Bertz CT molecular complexity index is 795. The van der Waals surface area contributed by atoms with Crippen LogP contribution >= 0.6 is 31.9 Å². The monoisotopic (exact) mass is 375 g/mol. The molecule has 19 heavy (non-hydrogen) atoms. The maximum Gasteiger partial charge on any atom is 0.138 e. The molecule has 0 spiro atoms. The number of nitriles is 1. The Kier molecular flexibility index (Phi) is 3.13. The predicted octanol–water partition coefficient (Wildman–Crippen LogP) is 4.63. The van der Waals surface area contributed by atoms with E-state index in [0.29, 0.717) is 11.1 Å². The van der Waals surface area contributed by atoms with Crippen LogP contribution in [0.1, 0.15) is 5.56 Å². The van der Waals surface area contributed by atoms with Crippen molar-refractivity contribution in [1.29, 1.82) is 5.26 Å². The van der Waals surface area contributed by atoms with E-state index in [1.807, 2.05) is 30.3 Å². The Morgan fingerprint density at radius 2 is 1.84 bits per heavy atom. The first kappa shape index (κ1) is 12.4. The van der Waals surface area contributed by atoms with Gasteiger partial charge in [0.25, 0.3) is 0 Å². The number of aromatic amines is 1. The minimum Gasteiger partial charge on any atom is -0.338 e. The van der Waals surface area contributed by atoms with Crippen LogP contribution in [0.3, 0.4) is 0 Å². The quantitative estimate of drug-likeness (QED) is 0.673. The molecule has 0 atom stereocenters. The lowest BCUT2D eigenvalue weighted by Crippen LogP contribution is -1.81.